The highest BCUT2D eigenvalue weighted by Gasteiger charge is 2.04. The van der Waals surface area contributed by atoms with Gasteiger partial charge in [-0.3, -0.25) is 14.3 Å². The van der Waals surface area contributed by atoms with Crippen molar-refractivity contribution >= 4 is 17.6 Å². The van der Waals surface area contributed by atoms with E-state index >= 15 is 0 Å². The summed E-state index contributed by atoms with van der Waals surface area (Å²) in [4.78, 5) is 21.3. The molecule has 1 amide bonds. The Morgan fingerprint density at radius 3 is 2.93 bits per heavy atom. The quantitative estimate of drug-likeness (QED) is 0.727. The topological polar surface area (TPSA) is 84.2 Å². The first-order valence-corrected chi connectivity index (χ1v) is 4.16. The number of nitrogens with one attached hydrogen (secondary N) is 1. The smallest absolute Gasteiger partial charge is 0.325 e. The van der Waals surface area contributed by atoms with E-state index in [1.54, 1.807) is 6.92 Å². The molecule has 0 aliphatic heterocycles. The first-order chi connectivity index (χ1) is 6.61. The Kier molecular flexibility index (Phi) is 3.22. The number of aromatic nitrogens is 2. The fourth-order valence-corrected chi connectivity index (χ4v) is 0.903. The van der Waals surface area contributed by atoms with Crippen LogP contribution in [0.1, 0.15) is 13.3 Å². The average Bonchev–Trinajstić information content (AvgIpc) is 2.51. The third-order valence-electron chi connectivity index (χ3n) is 1.54. The first-order valence-electron chi connectivity index (χ1n) is 4.16. The van der Waals surface area contributed by atoms with E-state index in [0.717, 1.165) is 0 Å². The number of anilines is 1. The average molecular weight is 197 g/mol. The third-order valence-corrected chi connectivity index (χ3v) is 1.54. The zero-order chi connectivity index (χ0) is 10.6. The zero-order valence-corrected chi connectivity index (χ0v) is 7.73. The van der Waals surface area contributed by atoms with Crippen molar-refractivity contribution in [3.05, 3.63) is 12.4 Å². The molecular weight excluding hydrogens is 186 g/mol. The molecular formula is C8H11N3O3. The molecule has 0 atom stereocenters. The largest absolute Gasteiger partial charge is 0.480 e. The van der Waals surface area contributed by atoms with Crippen molar-refractivity contribution in [1.82, 2.24) is 9.78 Å². The Hall–Kier alpha value is -1.85. The molecule has 0 aliphatic carbocycles. The van der Waals surface area contributed by atoms with Gasteiger partial charge in [-0.25, -0.2) is 0 Å². The molecule has 0 saturated heterocycles. The van der Waals surface area contributed by atoms with Crippen LogP contribution < -0.4 is 5.32 Å². The number of carboxylic acids is 1. The Morgan fingerprint density at radius 1 is 1.64 bits per heavy atom. The molecule has 0 fully saturated rings. The maximum atomic E-state index is 10.9. The summed E-state index contributed by atoms with van der Waals surface area (Å²) in [6.45, 7) is 1.53. The van der Waals surface area contributed by atoms with E-state index in [1.165, 1.54) is 17.1 Å². The second kappa shape index (κ2) is 4.40. The van der Waals surface area contributed by atoms with Crippen LogP contribution in [-0.2, 0) is 16.1 Å². The summed E-state index contributed by atoms with van der Waals surface area (Å²) < 4.78 is 1.24. The summed E-state index contributed by atoms with van der Waals surface area (Å²) in [5, 5.41) is 14.8. The second-order valence-electron chi connectivity index (χ2n) is 2.72. The van der Waals surface area contributed by atoms with Gasteiger partial charge in [0.25, 0.3) is 0 Å². The molecule has 1 heterocycles. The van der Waals surface area contributed by atoms with Gasteiger partial charge >= 0.3 is 5.97 Å². The van der Waals surface area contributed by atoms with Crippen molar-refractivity contribution in [1.29, 1.82) is 0 Å². The van der Waals surface area contributed by atoms with Crippen LogP contribution in [0.4, 0.5) is 5.69 Å². The molecule has 0 radical (unpaired) electrons. The highest BCUT2D eigenvalue weighted by molar-refractivity contribution is 5.90. The Balaban J connectivity index is 2.59. The van der Waals surface area contributed by atoms with Gasteiger partial charge in [-0.15, -0.1) is 0 Å². The van der Waals surface area contributed by atoms with E-state index in [-0.39, 0.29) is 12.5 Å². The van der Waals surface area contributed by atoms with Crippen LogP contribution in [0.15, 0.2) is 12.4 Å². The normalized spacial score (nSPS) is 9.79. The number of amides is 1. The Morgan fingerprint density at radius 2 is 2.36 bits per heavy atom. The number of carbonyl (C=O) groups excluding carboxylic acids is 1. The molecule has 0 bridgehead atoms. The number of nitrogens with zero attached hydrogens (tertiary/aromatic N) is 2. The molecule has 76 valence electrons. The Labute approximate surface area is 80.5 Å². The third kappa shape index (κ3) is 2.89. The molecule has 0 unspecified atom stereocenters. The summed E-state index contributed by atoms with van der Waals surface area (Å²) in [6, 6.07) is 0. The molecule has 14 heavy (non-hydrogen) atoms. The molecule has 2 N–H and O–H groups in total. The van der Waals surface area contributed by atoms with Gasteiger partial charge in [0, 0.05) is 12.6 Å². The minimum atomic E-state index is -0.971. The fraction of sp³-hybridized carbons (Fsp3) is 0.375. The molecule has 0 spiro atoms. The number of hydrogen-bond donors (Lipinski definition) is 2. The van der Waals surface area contributed by atoms with Crippen molar-refractivity contribution in [2.75, 3.05) is 5.32 Å². The van der Waals surface area contributed by atoms with Gasteiger partial charge in [0.15, 0.2) is 0 Å². The second-order valence-corrected chi connectivity index (χ2v) is 2.72. The van der Waals surface area contributed by atoms with E-state index in [0.29, 0.717) is 12.1 Å². The van der Waals surface area contributed by atoms with Gasteiger partial charge in [-0.2, -0.15) is 5.10 Å². The van der Waals surface area contributed by atoms with Crippen molar-refractivity contribution in [3.63, 3.8) is 0 Å². The van der Waals surface area contributed by atoms with Gasteiger partial charge in [0.05, 0.1) is 11.9 Å². The minimum absolute atomic E-state index is 0.125. The first kappa shape index (κ1) is 10.2. The van der Waals surface area contributed by atoms with Crippen molar-refractivity contribution in [2.24, 2.45) is 0 Å². The summed E-state index contributed by atoms with van der Waals surface area (Å²) >= 11 is 0. The number of aliphatic carboxylic acids is 1. The van der Waals surface area contributed by atoms with Crippen molar-refractivity contribution in [3.8, 4) is 0 Å². The lowest BCUT2D eigenvalue weighted by Gasteiger charge is -1.97. The summed E-state index contributed by atoms with van der Waals surface area (Å²) in [5.41, 5.74) is 0.512. The minimum Gasteiger partial charge on any atom is -0.480 e. The van der Waals surface area contributed by atoms with Crippen LogP contribution in [0.3, 0.4) is 0 Å². The lowest BCUT2D eigenvalue weighted by Crippen LogP contribution is -2.10. The maximum Gasteiger partial charge on any atom is 0.325 e. The van der Waals surface area contributed by atoms with Crippen molar-refractivity contribution in [2.45, 2.75) is 19.9 Å². The van der Waals surface area contributed by atoms with Gasteiger partial charge in [0.1, 0.15) is 6.54 Å². The van der Waals surface area contributed by atoms with Crippen LogP contribution in [0.2, 0.25) is 0 Å². The number of carbonyl (C=O) groups is 2. The predicted octanol–water partition coefficient (Wildman–Crippen LogP) is 0.316. The standard InChI is InChI=1S/C8H11N3O3/c1-2-7(12)10-6-3-9-11(4-6)5-8(13)14/h3-4H,2,5H2,1H3,(H,10,12)(H,13,14). The molecule has 0 saturated carbocycles. The summed E-state index contributed by atoms with van der Waals surface area (Å²) in [5.74, 6) is -1.10. The molecule has 1 aromatic heterocycles. The van der Waals surface area contributed by atoms with Gasteiger partial charge in [0.2, 0.25) is 5.91 Å². The fourth-order valence-electron chi connectivity index (χ4n) is 0.903. The number of hydrogen-bond acceptors (Lipinski definition) is 3. The van der Waals surface area contributed by atoms with E-state index in [2.05, 4.69) is 10.4 Å². The molecule has 6 heteroatoms. The van der Waals surface area contributed by atoms with Gasteiger partial charge in [-0.1, -0.05) is 6.92 Å². The highest BCUT2D eigenvalue weighted by atomic mass is 16.4. The van der Waals surface area contributed by atoms with Gasteiger partial charge in [-0.05, 0) is 0 Å². The Bertz CT molecular complexity index is 345. The lowest BCUT2D eigenvalue weighted by molar-refractivity contribution is -0.137. The van der Waals surface area contributed by atoms with E-state index in [4.69, 9.17) is 5.11 Å². The van der Waals surface area contributed by atoms with E-state index < -0.39 is 5.97 Å². The van der Waals surface area contributed by atoms with Gasteiger partial charge < -0.3 is 10.4 Å². The molecule has 0 aliphatic rings. The molecule has 6 nitrogen and oxygen atoms in total. The molecule has 1 rings (SSSR count). The van der Waals surface area contributed by atoms with Crippen LogP contribution in [0.25, 0.3) is 0 Å². The van der Waals surface area contributed by atoms with Crippen LogP contribution in [0, 0.1) is 0 Å². The van der Waals surface area contributed by atoms with Crippen molar-refractivity contribution < 1.29 is 14.7 Å². The van der Waals surface area contributed by atoms with E-state index in [9.17, 15) is 9.59 Å². The predicted molar refractivity (Wildman–Crippen MR) is 48.8 cm³/mol. The van der Waals surface area contributed by atoms with Crippen LogP contribution in [-0.4, -0.2) is 26.8 Å². The highest BCUT2D eigenvalue weighted by Crippen LogP contribution is 2.04. The monoisotopic (exact) mass is 197 g/mol. The number of carboxylic acid groups (broad SMARTS) is 1. The zero-order valence-electron chi connectivity index (χ0n) is 7.73. The maximum absolute atomic E-state index is 10.9. The summed E-state index contributed by atoms with van der Waals surface area (Å²) in [7, 11) is 0. The number of rotatable bonds is 4. The summed E-state index contributed by atoms with van der Waals surface area (Å²) in [6.07, 6.45) is 3.27. The molecule has 1 aromatic rings. The SMILES string of the molecule is CCC(=O)Nc1cnn(CC(=O)O)c1. The van der Waals surface area contributed by atoms with Crippen LogP contribution >= 0.6 is 0 Å². The lowest BCUT2D eigenvalue weighted by atomic mass is 10.4. The molecule has 0 aromatic carbocycles. The van der Waals surface area contributed by atoms with E-state index in [1.807, 2.05) is 0 Å². The van der Waals surface area contributed by atoms with Crippen LogP contribution in [0.5, 0.6) is 0 Å².